The molecule has 7 heteroatoms. The number of aryl methyl sites for hydroxylation is 1. The molecular formula is C19H21N5O2. The van der Waals surface area contributed by atoms with Gasteiger partial charge in [0.2, 0.25) is 0 Å². The highest BCUT2D eigenvalue weighted by Gasteiger charge is 2.26. The number of aromatic amines is 1. The van der Waals surface area contributed by atoms with Crippen molar-refractivity contribution >= 4 is 17.2 Å². The van der Waals surface area contributed by atoms with Crippen molar-refractivity contribution in [1.82, 2.24) is 19.5 Å². The van der Waals surface area contributed by atoms with Crippen molar-refractivity contribution in [3.05, 3.63) is 64.2 Å². The number of nitrogens with zero attached hydrogens (tertiary/aromatic N) is 3. The third kappa shape index (κ3) is 3.08. The van der Waals surface area contributed by atoms with Gasteiger partial charge in [-0.2, -0.15) is 0 Å². The van der Waals surface area contributed by atoms with E-state index in [1.54, 1.807) is 11.0 Å². The van der Waals surface area contributed by atoms with Gasteiger partial charge in [-0.1, -0.05) is 18.2 Å². The van der Waals surface area contributed by atoms with Crippen molar-refractivity contribution in [3.8, 4) is 0 Å². The first-order valence-corrected chi connectivity index (χ1v) is 8.80. The number of benzene rings is 1. The Balaban J connectivity index is 1.54. The number of rotatable bonds is 3. The van der Waals surface area contributed by atoms with E-state index in [1.165, 1.54) is 10.7 Å². The molecule has 1 atom stereocenters. The summed E-state index contributed by atoms with van der Waals surface area (Å²) in [5.41, 5.74) is 2.13. The molecule has 4 rings (SSSR count). The minimum atomic E-state index is -0.355. The van der Waals surface area contributed by atoms with Crippen molar-refractivity contribution in [1.29, 1.82) is 0 Å². The minimum Gasteiger partial charge on any atom is -0.381 e. The van der Waals surface area contributed by atoms with Crippen LogP contribution in [-0.2, 0) is 0 Å². The van der Waals surface area contributed by atoms with Crippen LogP contribution in [0.5, 0.6) is 0 Å². The molecule has 3 aromatic rings. The van der Waals surface area contributed by atoms with E-state index >= 15 is 0 Å². The Kier molecular flexibility index (Phi) is 4.20. The molecule has 1 amide bonds. The van der Waals surface area contributed by atoms with Crippen molar-refractivity contribution < 1.29 is 4.79 Å². The molecule has 2 N–H and O–H groups in total. The second-order valence-corrected chi connectivity index (χ2v) is 6.71. The number of aromatic nitrogens is 3. The van der Waals surface area contributed by atoms with Crippen LogP contribution < -0.4 is 10.9 Å². The summed E-state index contributed by atoms with van der Waals surface area (Å²) in [6.07, 6.45) is 3.28. The number of carbonyl (C=O) groups excluding carboxylic acids is 1. The number of fused-ring (bicyclic) bond motifs is 1. The summed E-state index contributed by atoms with van der Waals surface area (Å²) < 4.78 is 1.33. The summed E-state index contributed by atoms with van der Waals surface area (Å²) in [6, 6.07) is 11.9. The van der Waals surface area contributed by atoms with Gasteiger partial charge in [0.1, 0.15) is 5.56 Å². The van der Waals surface area contributed by atoms with E-state index < -0.39 is 0 Å². The summed E-state index contributed by atoms with van der Waals surface area (Å²) in [6.45, 7) is 3.07. The molecule has 1 fully saturated rings. The maximum Gasteiger partial charge on any atom is 0.285 e. The van der Waals surface area contributed by atoms with E-state index in [1.807, 2.05) is 37.3 Å². The quantitative estimate of drug-likeness (QED) is 0.757. The Morgan fingerprint density at radius 2 is 2.12 bits per heavy atom. The Hall–Kier alpha value is -3.09. The SMILES string of the molecule is Cc1cc2ncc(C(=O)N3CCCC(Nc4ccccc4)C3)c(=O)n2[nH]1. The summed E-state index contributed by atoms with van der Waals surface area (Å²) in [4.78, 5) is 31.5. The van der Waals surface area contributed by atoms with Gasteiger partial charge in [0, 0.05) is 42.8 Å². The predicted octanol–water partition coefficient (Wildman–Crippen LogP) is 2.05. The van der Waals surface area contributed by atoms with Gasteiger partial charge in [-0.05, 0) is 31.9 Å². The lowest BCUT2D eigenvalue weighted by molar-refractivity contribution is 0.0712. The number of anilines is 1. The lowest BCUT2D eigenvalue weighted by Crippen LogP contribution is -2.46. The monoisotopic (exact) mass is 351 g/mol. The molecule has 1 saturated heterocycles. The first-order valence-electron chi connectivity index (χ1n) is 8.80. The van der Waals surface area contributed by atoms with Gasteiger partial charge in [0.25, 0.3) is 11.5 Å². The highest BCUT2D eigenvalue weighted by Crippen LogP contribution is 2.17. The molecule has 1 aromatic carbocycles. The molecule has 2 aromatic heterocycles. The molecule has 134 valence electrons. The Labute approximate surface area is 150 Å². The zero-order valence-corrected chi connectivity index (χ0v) is 14.6. The molecule has 1 aliphatic rings. The van der Waals surface area contributed by atoms with Crippen molar-refractivity contribution in [2.45, 2.75) is 25.8 Å². The van der Waals surface area contributed by atoms with E-state index in [0.29, 0.717) is 18.7 Å². The molecule has 1 aliphatic heterocycles. The molecule has 0 radical (unpaired) electrons. The number of para-hydroxylation sites is 1. The van der Waals surface area contributed by atoms with Crippen molar-refractivity contribution in [2.24, 2.45) is 0 Å². The van der Waals surface area contributed by atoms with Gasteiger partial charge < -0.3 is 10.2 Å². The zero-order chi connectivity index (χ0) is 18.1. The zero-order valence-electron chi connectivity index (χ0n) is 14.6. The third-order valence-corrected chi connectivity index (χ3v) is 4.71. The van der Waals surface area contributed by atoms with Crippen molar-refractivity contribution in [3.63, 3.8) is 0 Å². The number of nitrogens with one attached hydrogen (secondary N) is 2. The lowest BCUT2D eigenvalue weighted by atomic mass is 10.0. The molecule has 26 heavy (non-hydrogen) atoms. The molecule has 0 aliphatic carbocycles. The Morgan fingerprint density at radius 3 is 2.92 bits per heavy atom. The van der Waals surface area contributed by atoms with Crippen LogP contribution in [0.2, 0.25) is 0 Å². The molecule has 7 nitrogen and oxygen atoms in total. The van der Waals surface area contributed by atoms with Crippen LogP contribution in [0.15, 0.2) is 47.4 Å². The second-order valence-electron chi connectivity index (χ2n) is 6.71. The fourth-order valence-corrected chi connectivity index (χ4v) is 3.45. The van der Waals surface area contributed by atoms with Gasteiger partial charge in [-0.25, -0.2) is 9.50 Å². The number of piperidine rings is 1. The second kappa shape index (κ2) is 6.67. The smallest absolute Gasteiger partial charge is 0.285 e. The van der Waals surface area contributed by atoms with Crippen molar-refractivity contribution in [2.75, 3.05) is 18.4 Å². The van der Waals surface area contributed by atoms with Crippen LogP contribution in [0.1, 0.15) is 28.9 Å². The molecular weight excluding hydrogens is 330 g/mol. The maximum absolute atomic E-state index is 12.9. The minimum absolute atomic E-state index is 0.102. The normalized spacial score (nSPS) is 17.4. The number of likely N-dealkylation sites (tertiary alicyclic amines) is 1. The molecule has 0 spiro atoms. The topological polar surface area (TPSA) is 82.5 Å². The maximum atomic E-state index is 12.9. The summed E-state index contributed by atoms with van der Waals surface area (Å²) in [5.74, 6) is -0.260. The van der Waals surface area contributed by atoms with Gasteiger partial charge in [0.05, 0.1) is 0 Å². The summed E-state index contributed by atoms with van der Waals surface area (Å²) >= 11 is 0. The fraction of sp³-hybridized carbons (Fsp3) is 0.316. The summed E-state index contributed by atoms with van der Waals surface area (Å²) in [5, 5.41) is 6.39. The fourth-order valence-electron chi connectivity index (χ4n) is 3.45. The third-order valence-electron chi connectivity index (χ3n) is 4.71. The molecule has 1 unspecified atom stereocenters. The van der Waals surface area contributed by atoms with Crippen LogP contribution in [0.25, 0.3) is 5.65 Å². The first-order chi connectivity index (χ1) is 12.6. The van der Waals surface area contributed by atoms with Crippen LogP contribution in [-0.4, -0.2) is 44.5 Å². The van der Waals surface area contributed by atoms with Gasteiger partial charge >= 0.3 is 0 Å². The predicted molar refractivity (Wildman–Crippen MR) is 99.5 cm³/mol. The average molecular weight is 351 g/mol. The van der Waals surface area contributed by atoms with Gasteiger partial charge in [-0.3, -0.25) is 14.7 Å². The van der Waals surface area contributed by atoms with Crippen LogP contribution in [0, 0.1) is 6.92 Å². The van der Waals surface area contributed by atoms with Crippen LogP contribution in [0.3, 0.4) is 0 Å². The number of H-pyrrole nitrogens is 1. The van der Waals surface area contributed by atoms with E-state index in [-0.39, 0.29) is 23.1 Å². The lowest BCUT2D eigenvalue weighted by Gasteiger charge is -2.33. The number of carbonyl (C=O) groups is 1. The molecule has 3 heterocycles. The van der Waals surface area contributed by atoms with E-state index in [9.17, 15) is 9.59 Å². The van der Waals surface area contributed by atoms with E-state index in [2.05, 4.69) is 15.4 Å². The number of hydrogen-bond donors (Lipinski definition) is 2. The average Bonchev–Trinajstić information content (AvgIpc) is 3.04. The first kappa shape index (κ1) is 16.4. The highest BCUT2D eigenvalue weighted by molar-refractivity contribution is 5.93. The van der Waals surface area contributed by atoms with Crippen LogP contribution in [0.4, 0.5) is 5.69 Å². The Morgan fingerprint density at radius 1 is 1.31 bits per heavy atom. The number of hydrogen-bond acceptors (Lipinski definition) is 4. The summed E-state index contributed by atoms with van der Waals surface area (Å²) in [7, 11) is 0. The largest absolute Gasteiger partial charge is 0.381 e. The molecule has 0 bridgehead atoms. The highest BCUT2D eigenvalue weighted by atomic mass is 16.2. The molecule has 0 saturated carbocycles. The van der Waals surface area contributed by atoms with Crippen LogP contribution >= 0.6 is 0 Å². The van der Waals surface area contributed by atoms with E-state index in [4.69, 9.17) is 0 Å². The number of amides is 1. The Bertz CT molecular complexity index is 992. The standard InChI is InChI=1S/C19H21N5O2/c1-13-10-17-20-11-16(19(26)24(17)22-13)18(25)23-9-5-8-15(12-23)21-14-6-3-2-4-7-14/h2-4,6-7,10-11,15,21-22H,5,8-9,12H2,1H3. The van der Waals surface area contributed by atoms with Gasteiger partial charge in [-0.15, -0.1) is 0 Å². The van der Waals surface area contributed by atoms with Gasteiger partial charge in [0.15, 0.2) is 5.65 Å². The van der Waals surface area contributed by atoms with E-state index in [0.717, 1.165) is 24.2 Å².